The van der Waals surface area contributed by atoms with E-state index in [0.717, 1.165) is 4.31 Å². The smallest absolute Gasteiger partial charge is 0.265 e. The number of hydrogen-bond acceptors (Lipinski definition) is 9. The first-order chi connectivity index (χ1) is 17.7. The Balaban J connectivity index is 2.02. The van der Waals surface area contributed by atoms with Gasteiger partial charge in [0, 0.05) is 17.7 Å². The number of aromatic hydroxyl groups is 1. The number of ether oxygens (including phenoxy) is 4. The van der Waals surface area contributed by atoms with Crippen LogP contribution in [-0.4, -0.2) is 60.6 Å². The second kappa shape index (κ2) is 12.0. The van der Waals surface area contributed by atoms with Gasteiger partial charge in [-0.1, -0.05) is 12.1 Å². The van der Waals surface area contributed by atoms with E-state index < -0.39 is 22.5 Å². The summed E-state index contributed by atoms with van der Waals surface area (Å²) < 4.78 is 49.6. The standard InChI is InChI=1S/C25H27N3O8S/c1-33-18-9-11-22(34-2)20(13-18)28(16-25(30)27-26-15-17-7-5-6-8-21(17)29)37(31,32)19-10-12-23(35-3)24(14-19)36-4/h5-15,29H,16H2,1-4H3,(H,27,30). The summed E-state index contributed by atoms with van der Waals surface area (Å²) in [7, 11) is 1.28. The zero-order valence-electron chi connectivity index (χ0n) is 20.7. The molecule has 0 saturated carbocycles. The number of nitrogens with zero attached hydrogens (tertiary/aromatic N) is 2. The van der Waals surface area contributed by atoms with Crippen LogP contribution in [0.5, 0.6) is 28.7 Å². The van der Waals surface area contributed by atoms with Gasteiger partial charge in [0.25, 0.3) is 15.9 Å². The molecule has 0 heterocycles. The van der Waals surface area contributed by atoms with Gasteiger partial charge in [-0.05, 0) is 36.4 Å². The van der Waals surface area contributed by atoms with Crippen LogP contribution in [0.1, 0.15) is 5.56 Å². The maximum Gasteiger partial charge on any atom is 0.265 e. The quantitative estimate of drug-likeness (QED) is 0.286. The highest BCUT2D eigenvalue weighted by Gasteiger charge is 2.31. The third-order valence-electron chi connectivity index (χ3n) is 5.21. The highest BCUT2D eigenvalue weighted by molar-refractivity contribution is 7.92. The van der Waals surface area contributed by atoms with Crippen LogP contribution >= 0.6 is 0 Å². The number of hydrazone groups is 1. The number of anilines is 1. The average Bonchev–Trinajstić information content (AvgIpc) is 2.91. The number of methoxy groups -OCH3 is 4. The highest BCUT2D eigenvalue weighted by atomic mass is 32.2. The average molecular weight is 530 g/mol. The van der Waals surface area contributed by atoms with Crippen molar-refractivity contribution in [3.05, 3.63) is 66.2 Å². The minimum Gasteiger partial charge on any atom is -0.507 e. The Morgan fingerprint density at radius 3 is 2.24 bits per heavy atom. The summed E-state index contributed by atoms with van der Waals surface area (Å²) in [5, 5.41) is 13.7. The van der Waals surface area contributed by atoms with Crippen LogP contribution in [0.3, 0.4) is 0 Å². The summed E-state index contributed by atoms with van der Waals surface area (Å²) in [6.07, 6.45) is 1.24. The molecule has 12 heteroatoms. The number of benzene rings is 3. The monoisotopic (exact) mass is 529 g/mol. The maximum atomic E-state index is 13.8. The molecule has 3 aromatic carbocycles. The zero-order valence-corrected chi connectivity index (χ0v) is 21.5. The van der Waals surface area contributed by atoms with Crippen molar-refractivity contribution in [2.75, 3.05) is 39.3 Å². The molecule has 0 unspecified atom stereocenters. The number of carbonyl (C=O) groups excluding carboxylic acids is 1. The Hall–Kier alpha value is -4.45. The van der Waals surface area contributed by atoms with E-state index in [1.165, 1.54) is 71.1 Å². The normalized spacial score (nSPS) is 11.1. The van der Waals surface area contributed by atoms with Crippen molar-refractivity contribution in [1.29, 1.82) is 0 Å². The second-order valence-electron chi connectivity index (χ2n) is 7.42. The molecular weight excluding hydrogens is 502 g/mol. The van der Waals surface area contributed by atoms with Crippen molar-refractivity contribution in [2.45, 2.75) is 4.90 Å². The molecule has 11 nitrogen and oxygen atoms in total. The Kier molecular flexibility index (Phi) is 8.80. The van der Waals surface area contributed by atoms with E-state index in [-0.39, 0.29) is 27.8 Å². The summed E-state index contributed by atoms with van der Waals surface area (Å²) in [4.78, 5) is 12.7. The molecule has 0 aromatic heterocycles. The van der Waals surface area contributed by atoms with Crippen LogP contribution in [0.4, 0.5) is 5.69 Å². The van der Waals surface area contributed by atoms with Gasteiger partial charge in [0.1, 0.15) is 23.8 Å². The SMILES string of the molecule is COc1ccc(OC)c(N(CC(=O)NN=Cc2ccccc2O)S(=O)(=O)c2ccc(OC)c(OC)c2)c1. The third kappa shape index (κ3) is 6.22. The molecule has 0 atom stereocenters. The van der Waals surface area contributed by atoms with Crippen molar-refractivity contribution < 1.29 is 37.3 Å². The molecule has 37 heavy (non-hydrogen) atoms. The van der Waals surface area contributed by atoms with Gasteiger partial charge in [-0.3, -0.25) is 9.10 Å². The van der Waals surface area contributed by atoms with E-state index in [4.69, 9.17) is 18.9 Å². The molecule has 196 valence electrons. The number of rotatable bonds is 11. The van der Waals surface area contributed by atoms with Crippen LogP contribution < -0.4 is 28.7 Å². The van der Waals surface area contributed by atoms with Crippen molar-refractivity contribution in [3.8, 4) is 28.7 Å². The molecule has 3 rings (SSSR count). The molecule has 3 aromatic rings. The summed E-state index contributed by atoms with van der Waals surface area (Å²) in [5.74, 6) is 0.289. The molecule has 0 aliphatic rings. The first kappa shape index (κ1) is 27.1. The van der Waals surface area contributed by atoms with Gasteiger partial charge in [-0.2, -0.15) is 5.10 Å². The van der Waals surface area contributed by atoms with E-state index in [9.17, 15) is 18.3 Å². The van der Waals surface area contributed by atoms with Crippen molar-refractivity contribution >= 4 is 27.8 Å². The van der Waals surface area contributed by atoms with Gasteiger partial charge < -0.3 is 24.1 Å². The molecule has 1 amide bonds. The summed E-state index contributed by atoms with van der Waals surface area (Å²) >= 11 is 0. The Morgan fingerprint density at radius 1 is 0.919 bits per heavy atom. The number of phenolic OH excluding ortho intramolecular Hbond substituents is 1. The van der Waals surface area contributed by atoms with Gasteiger partial charge in [0.2, 0.25) is 0 Å². The van der Waals surface area contributed by atoms with Crippen LogP contribution in [0.2, 0.25) is 0 Å². The number of para-hydroxylation sites is 1. The van der Waals surface area contributed by atoms with Crippen LogP contribution in [0, 0.1) is 0 Å². The van der Waals surface area contributed by atoms with Crippen molar-refractivity contribution in [3.63, 3.8) is 0 Å². The number of phenols is 1. The fourth-order valence-corrected chi connectivity index (χ4v) is 4.77. The lowest BCUT2D eigenvalue weighted by molar-refractivity contribution is -0.119. The van der Waals surface area contributed by atoms with Gasteiger partial charge in [-0.15, -0.1) is 0 Å². The number of amides is 1. The largest absolute Gasteiger partial charge is 0.507 e. The van der Waals surface area contributed by atoms with Crippen molar-refractivity contribution in [1.82, 2.24) is 5.43 Å². The lowest BCUT2D eigenvalue weighted by atomic mass is 10.2. The molecule has 0 fully saturated rings. The predicted molar refractivity (Wildman–Crippen MR) is 137 cm³/mol. The van der Waals surface area contributed by atoms with Crippen molar-refractivity contribution in [2.24, 2.45) is 5.10 Å². The number of carbonyl (C=O) groups is 1. The Morgan fingerprint density at radius 2 is 1.59 bits per heavy atom. The fourth-order valence-electron chi connectivity index (χ4n) is 3.33. The first-order valence-electron chi connectivity index (χ1n) is 10.8. The Bertz CT molecular complexity index is 1390. The molecule has 0 aliphatic carbocycles. The van der Waals surface area contributed by atoms with E-state index in [1.54, 1.807) is 24.3 Å². The van der Waals surface area contributed by atoms with E-state index in [2.05, 4.69) is 10.5 Å². The second-order valence-corrected chi connectivity index (χ2v) is 9.28. The number of sulfonamides is 1. The predicted octanol–water partition coefficient (Wildman–Crippen LogP) is 2.77. The zero-order chi connectivity index (χ0) is 27.0. The van der Waals surface area contributed by atoms with Gasteiger partial charge in [0.15, 0.2) is 11.5 Å². The summed E-state index contributed by atoms with van der Waals surface area (Å²) in [5.41, 5.74) is 2.72. The summed E-state index contributed by atoms with van der Waals surface area (Å²) in [6.45, 7) is -0.654. The topological polar surface area (TPSA) is 136 Å². The number of nitrogens with one attached hydrogen (secondary N) is 1. The van der Waals surface area contributed by atoms with Gasteiger partial charge >= 0.3 is 0 Å². The minimum atomic E-state index is -4.34. The minimum absolute atomic E-state index is 0.0285. The fraction of sp³-hybridized carbons (Fsp3) is 0.200. The molecular formula is C25H27N3O8S. The van der Waals surface area contributed by atoms with E-state index >= 15 is 0 Å². The van der Waals surface area contributed by atoms with E-state index in [1.807, 2.05) is 0 Å². The number of hydrogen-bond donors (Lipinski definition) is 2. The van der Waals surface area contributed by atoms with E-state index in [0.29, 0.717) is 17.1 Å². The summed E-state index contributed by atoms with van der Waals surface area (Å²) in [6, 6.07) is 15.0. The van der Waals surface area contributed by atoms with Crippen LogP contribution in [0.15, 0.2) is 70.7 Å². The highest BCUT2D eigenvalue weighted by Crippen LogP contribution is 2.37. The molecule has 2 N–H and O–H groups in total. The van der Waals surface area contributed by atoms with Crippen LogP contribution in [0.25, 0.3) is 0 Å². The molecule has 0 bridgehead atoms. The lowest BCUT2D eigenvalue weighted by Gasteiger charge is -2.26. The molecule has 0 saturated heterocycles. The van der Waals surface area contributed by atoms with Gasteiger partial charge in [0.05, 0.1) is 45.2 Å². The van der Waals surface area contributed by atoms with Gasteiger partial charge in [-0.25, -0.2) is 13.8 Å². The lowest BCUT2D eigenvalue weighted by Crippen LogP contribution is -2.39. The third-order valence-corrected chi connectivity index (χ3v) is 6.97. The Labute approximate surface area is 214 Å². The maximum absolute atomic E-state index is 13.8. The molecule has 0 spiro atoms. The van der Waals surface area contributed by atoms with Crippen LogP contribution in [-0.2, 0) is 14.8 Å². The first-order valence-corrected chi connectivity index (χ1v) is 12.3. The molecule has 0 radical (unpaired) electrons. The molecule has 0 aliphatic heterocycles.